The third-order valence-electron chi connectivity index (χ3n) is 5.13. The number of methoxy groups -OCH3 is 1. The Labute approximate surface area is 137 Å². The number of fused-ring (bicyclic) bond motifs is 1. The molecule has 2 heterocycles. The molecule has 0 saturated carbocycles. The minimum absolute atomic E-state index is 0.225. The third kappa shape index (κ3) is 3.11. The molecule has 5 heteroatoms. The van der Waals surface area contributed by atoms with Gasteiger partial charge in [0.1, 0.15) is 0 Å². The van der Waals surface area contributed by atoms with Crippen LogP contribution in [0, 0.1) is 0 Å². The molecule has 3 rings (SSSR count). The maximum atomic E-state index is 12.0. The number of hydrogen-bond acceptors (Lipinski definition) is 4. The highest BCUT2D eigenvalue weighted by Crippen LogP contribution is 2.32. The van der Waals surface area contributed by atoms with Crippen molar-refractivity contribution in [3.63, 3.8) is 0 Å². The number of piperidine rings is 1. The Kier molecular flexibility index (Phi) is 4.39. The van der Waals surface area contributed by atoms with Crippen LogP contribution in [0.3, 0.4) is 0 Å². The zero-order chi connectivity index (χ0) is 16.6. The molecule has 0 aliphatic carbocycles. The second kappa shape index (κ2) is 6.32. The van der Waals surface area contributed by atoms with E-state index in [4.69, 9.17) is 4.74 Å². The minimum atomic E-state index is -0.299. The number of benzene rings is 1. The Morgan fingerprint density at radius 1 is 1.35 bits per heavy atom. The first-order valence-electron chi connectivity index (χ1n) is 8.18. The summed E-state index contributed by atoms with van der Waals surface area (Å²) >= 11 is 0. The van der Waals surface area contributed by atoms with Gasteiger partial charge in [0, 0.05) is 39.1 Å². The highest BCUT2D eigenvalue weighted by molar-refractivity contribution is 5.89. The van der Waals surface area contributed by atoms with Gasteiger partial charge in [0.15, 0.2) is 0 Å². The average Bonchev–Trinajstić information content (AvgIpc) is 2.56. The lowest BCUT2D eigenvalue weighted by molar-refractivity contribution is -0.134. The third-order valence-corrected chi connectivity index (χ3v) is 5.13. The van der Waals surface area contributed by atoms with Crippen LogP contribution in [0.2, 0.25) is 0 Å². The Bertz CT molecular complexity index is 629. The smallest absolute Gasteiger partial charge is 0.337 e. The first-order valence-corrected chi connectivity index (χ1v) is 8.18. The van der Waals surface area contributed by atoms with Crippen molar-refractivity contribution in [1.82, 2.24) is 9.80 Å². The van der Waals surface area contributed by atoms with Crippen molar-refractivity contribution in [2.24, 2.45) is 0 Å². The number of hydrogen-bond donors (Lipinski definition) is 0. The SMILES string of the molecule is COC(=O)c1ccc2c(c1)CN(C1CCN(C)C(=O)C1)CC2C. The molecular formula is C18H24N2O3. The van der Waals surface area contributed by atoms with Gasteiger partial charge in [-0.25, -0.2) is 4.79 Å². The summed E-state index contributed by atoms with van der Waals surface area (Å²) in [6, 6.07) is 6.14. The van der Waals surface area contributed by atoms with Crippen molar-refractivity contribution in [3.8, 4) is 0 Å². The fraction of sp³-hybridized carbons (Fsp3) is 0.556. The molecule has 2 atom stereocenters. The zero-order valence-corrected chi connectivity index (χ0v) is 14.0. The molecule has 124 valence electrons. The van der Waals surface area contributed by atoms with E-state index in [1.165, 1.54) is 18.2 Å². The highest BCUT2D eigenvalue weighted by Gasteiger charge is 2.32. The van der Waals surface area contributed by atoms with E-state index < -0.39 is 0 Å². The summed E-state index contributed by atoms with van der Waals surface area (Å²) in [6.45, 7) is 4.79. The predicted molar refractivity (Wildman–Crippen MR) is 87.3 cm³/mol. The number of ether oxygens (including phenoxy) is 1. The van der Waals surface area contributed by atoms with Crippen molar-refractivity contribution in [1.29, 1.82) is 0 Å². The molecule has 0 radical (unpaired) electrons. The number of carbonyl (C=O) groups is 2. The maximum absolute atomic E-state index is 12.0. The lowest BCUT2D eigenvalue weighted by Gasteiger charge is -2.41. The molecule has 1 amide bonds. The van der Waals surface area contributed by atoms with Crippen LogP contribution >= 0.6 is 0 Å². The van der Waals surface area contributed by atoms with E-state index in [9.17, 15) is 9.59 Å². The number of carbonyl (C=O) groups excluding carboxylic acids is 2. The quantitative estimate of drug-likeness (QED) is 0.783. The predicted octanol–water partition coefficient (Wildman–Crippen LogP) is 2.01. The molecule has 2 aliphatic rings. The van der Waals surface area contributed by atoms with Crippen LogP contribution in [0.1, 0.15) is 47.2 Å². The molecule has 2 unspecified atom stereocenters. The summed E-state index contributed by atoms with van der Waals surface area (Å²) in [5.41, 5.74) is 3.07. The van der Waals surface area contributed by atoms with Crippen LogP contribution in [-0.4, -0.2) is 55.0 Å². The summed E-state index contributed by atoms with van der Waals surface area (Å²) in [5, 5.41) is 0. The molecule has 5 nitrogen and oxygen atoms in total. The van der Waals surface area contributed by atoms with Crippen molar-refractivity contribution >= 4 is 11.9 Å². The van der Waals surface area contributed by atoms with Crippen molar-refractivity contribution < 1.29 is 14.3 Å². The first-order chi connectivity index (χ1) is 11.0. The monoisotopic (exact) mass is 316 g/mol. The Balaban J connectivity index is 1.81. The number of rotatable bonds is 2. The maximum Gasteiger partial charge on any atom is 0.337 e. The topological polar surface area (TPSA) is 49.9 Å². The van der Waals surface area contributed by atoms with Crippen LogP contribution in [0.4, 0.5) is 0 Å². The van der Waals surface area contributed by atoms with Gasteiger partial charge >= 0.3 is 5.97 Å². The van der Waals surface area contributed by atoms with Crippen molar-refractivity contribution in [2.45, 2.75) is 38.3 Å². The summed E-state index contributed by atoms with van der Waals surface area (Å²) in [6.07, 6.45) is 1.61. The fourth-order valence-corrected chi connectivity index (χ4v) is 3.72. The Hall–Kier alpha value is -1.88. The largest absolute Gasteiger partial charge is 0.465 e. The summed E-state index contributed by atoms with van der Waals surface area (Å²) in [5.74, 6) is 0.329. The van der Waals surface area contributed by atoms with Gasteiger partial charge in [-0.2, -0.15) is 0 Å². The zero-order valence-electron chi connectivity index (χ0n) is 14.0. The van der Waals surface area contributed by atoms with Gasteiger partial charge in [-0.1, -0.05) is 13.0 Å². The van der Waals surface area contributed by atoms with E-state index in [2.05, 4.69) is 11.8 Å². The van der Waals surface area contributed by atoms with Crippen LogP contribution in [0.25, 0.3) is 0 Å². The van der Waals surface area contributed by atoms with Crippen molar-refractivity contribution in [2.75, 3.05) is 27.2 Å². The normalized spacial score (nSPS) is 25.2. The molecule has 23 heavy (non-hydrogen) atoms. The van der Waals surface area contributed by atoms with E-state index in [0.717, 1.165) is 26.1 Å². The van der Waals surface area contributed by atoms with Crippen LogP contribution in [0.5, 0.6) is 0 Å². The average molecular weight is 316 g/mol. The van der Waals surface area contributed by atoms with E-state index in [1.807, 2.05) is 30.1 Å². The first kappa shape index (κ1) is 16.0. The molecular weight excluding hydrogens is 292 g/mol. The van der Waals surface area contributed by atoms with Crippen molar-refractivity contribution in [3.05, 3.63) is 34.9 Å². The Morgan fingerprint density at radius 2 is 2.13 bits per heavy atom. The fourth-order valence-electron chi connectivity index (χ4n) is 3.72. The van der Waals surface area contributed by atoms with Crippen LogP contribution in [0.15, 0.2) is 18.2 Å². The van der Waals surface area contributed by atoms with Crippen LogP contribution in [-0.2, 0) is 16.1 Å². The second-order valence-corrected chi connectivity index (χ2v) is 6.70. The van der Waals surface area contributed by atoms with Gasteiger partial charge in [0.25, 0.3) is 0 Å². The molecule has 1 saturated heterocycles. The highest BCUT2D eigenvalue weighted by atomic mass is 16.5. The summed E-state index contributed by atoms with van der Waals surface area (Å²) < 4.78 is 4.82. The van der Waals surface area contributed by atoms with Gasteiger partial charge in [-0.15, -0.1) is 0 Å². The van der Waals surface area contributed by atoms with Gasteiger partial charge in [-0.05, 0) is 35.6 Å². The molecule has 0 bridgehead atoms. The van der Waals surface area contributed by atoms with Crippen LogP contribution < -0.4 is 0 Å². The van der Waals surface area contributed by atoms with E-state index >= 15 is 0 Å². The van der Waals surface area contributed by atoms with Gasteiger partial charge in [0.2, 0.25) is 5.91 Å². The lowest BCUT2D eigenvalue weighted by atomic mass is 9.88. The number of esters is 1. The van der Waals surface area contributed by atoms with E-state index in [-0.39, 0.29) is 11.9 Å². The molecule has 0 aromatic heterocycles. The molecule has 0 spiro atoms. The molecule has 1 aromatic carbocycles. The number of nitrogens with zero attached hydrogens (tertiary/aromatic N) is 2. The van der Waals surface area contributed by atoms with E-state index in [0.29, 0.717) is 23.9 Å². The lowest BCUT2D eigenvalue weighted by Crippen LogP contribution is -2.48. The van der Waals surface area contributed by atoms with Gasteiger partial charge in [0.05, 0.1) is 12.7 Å². The number of likely N-dealkylation sites (tertiary alicyclic amines) is 1. The number of amides is 1. The molecule has 2 aliphatic heterocycles. The standard InChI is InChI=1S/C18H24N2O3/c1-12-10-20(15-6-7-19(2)17(21)9-15)11-14-8-13(18(22)23-3)4-5-16(12)14/h4-5,8,12,15H,6-7,9-11H2,1-3H3. The van der Waals surface area contributed by atoms with Gasteiger partial charge in [-0.3, -0.25) is 9.69 Å². The molecule has 1 fully saturated rings. The summed E-state index contributed by atoms with van der Waals surface area (Å²) in [7, 11) is 3.27. The minimum Gasteiger partial charge on any atom is -0.465 e. The Morgan fingerprint density at radius 3 is 2.83 bits per heavy atom. The molecule has 0 N–H and O–H groups in total. The molecule has 1 aromatic rings. The van der Waals surface area contributed by atoms with E-state index in [1.54, 1.807) is 0 Å². The second-order valence-electron chi connectivity index (χ2n) is 6.70. The van der Waals surface area contributed by atoms with Gasteiger partial charge < -0.3 is 9.64 Å². The summed E-state index contributed by atoms with van der Waals surface area (Å²) in [4.78, 5) is 28.0.